The summed E-state index contributed by atoms with van der Waals surface area (Å²) in [6.07, 6.45) is -0.181. The fourth-order valence-electron chi connectivity index (χ4n) is 3.89. The number of benzene rings is 3. The average Bonchev–Trinajstić information content (AvgIpc) is 3.13. The molecule has 0 N–H and O–H groups in total. The van der Waals surface area contributed by atoms with Crippen LogP contribution in [-0.2, 0) is 6.54 Å². The molecule has 1 atom stereocenters. The Morgan fingerprint density at radius 3 is 2.42 bits per heavy atom. The van der Waals surface area contributed by atoms with Gasteiger partial charge in [-0.05, 0) is 61.2 Å². The molecule has 4 aromatic rings. The number of nitrogens with zero attached hydrogens (tertiary/aromatic N) is 2. The van der Waals surface area contributed by atoms with Crippen molar-refractivity contribution in [2.75, 3.05) is 6.61 Å². The molecule has 1 heterocycles. The van der Waals surface area contributed by atoms with Gasteiger partial charge >= 0.3 is 0 Å². The van der Waals surface area contributed by atoms with E-state index in [9.17, 15) is 0 Å². The van der Waals surface area contributed by atoms with E-state index >= 15 is 0 Å². The number of rotatable bonds is 8. The van der Waals surface area contributed by atoms with Gasteiger partial charge in [-0.1, -0.05) is 56.3 Å². The van der Waals surface area contributed by atoms with Crippen LogP contribution >= 0.6 is 0 Å². The van der Waals surface area contributed by atoms with Crippen molar-refractivity contribution in [1.82, 2.24) is 9.55 Å². The normalized spacial score (nSPS) is 12.3. The molecule has 0 saturated carbocycles. The zero-order chi connectivity index (χ0) is 21.8. The van der Waals surface area contributed by atoms with E-state index in [1.54, 1.807) is 0 Å². The Hall–Kier alpha value is -3.27. The molecule has 0 aliphatic heterocycles. The van der Waals surface area contributed by atoms with Crippen molar-refractivity contribution in [2.24, 2.45) is 0 Å². The molecular weight excluding hydrogens is 384 g/mol. The van der Waals surface area contributed by atoms with E-state index in [2.05, 4.69) is 49.6 Å². The highest BCUT2D eigenvalue weighted by molar-refractivity contribution is 5.76. The van der Waals surface area contributed by atoms with Gasteiger partial charge in [-0.25, -0.2) is 4.98 Å². The molecule has 0 bridgehead atoms. The van der Waals surface area contributed by atoms with Gasteiger partial charge in [0.15, 0.2) is 11.9 Å². The van der Waals surface area contributed by atoms with Crippen LogP contribution in [0.2, 0.25) is 0 Å². The van der Waals surface area contributed by atoms with Crippen LogP contribution in [-0.4, -0.2) is 16.2 Å². The van der Waals surface area contributed by atoms with Crippen molar-refractivity contribution in [3.63, 3.8) is 0 Å². The third-order valence-electron chi connectivity index (χ3n) is 5.47. The van der Waals surface area contributed by atoms with Crippen molar-refractivity contribution < 1.29 is 9.47 Å². The van der Waals surface area contributed by atoms with E-state index in [0.29, 0.717) is 19.1 Å². The van der Waals surface area contributed by atoms with Gasteiger partial charge in [0.1, 0.15) is 18.1 Å². The molecule has 1 aromatic heterocycles. The van der Waals surface area contributed by atoms with Crippen molar-refractivity contribution in [1.29, 1.82) is 0 Å². The first-order valence-electron chi connectivity index (χ1n) is 10.9. The zero-order valence-electron chi connectivity index (χ0n) is 18.7. The van der Waals surface area contributed by atoms with Gasteiger partial charge < -0.3 is 14.0 Å². The first-order valence-corrected chi connectivity index (χ1v) is 10.9. The van der Waals surface area contributed by atoms with Crippen molar-refractivity contribution in [2.45, 2.75) is 46.3 Å². The quantitative estimate of drug-likeness (QED) is 0.322. The summed E-state index contributed by atoms with van der Waals surface area (Å²) in [7, 11) is 0. The van der Waals surface area contributed by atoms with Gasteiger partial charge in [-0.3, -0.25) is 0 Å². The molecule has 1 unspecified atom stereocenters. The van der Waals surface area contributed by atoms with Crippen molar-refractivity contribution in [3.8, 4) is 11.5 Å². The molecule has 0 aliphatic carbocycles. The first-order chi connectivity index (χ1) is 15.0. The number of hydrogen-bond acceptors (Lipinski definition) is 3. The standard InChI is InChI=1S/C27H30N2O2/c1-19(2)23-15-14-20(3)18-26(23)30-17-16-29-25-13-9-8-12-24(25)28-27(29)21(4)31-22-10-6-5-7-11-22/h5-15,18-19,21H,16-17H2,1-4H3. The summed E-state index contributed by atoms with van der Waals surface area (Å²) in [6, 6.07) is 24.5. The lowest BCUT2D eigenvalue weighted by Crippen LogP contribution is -2.16. The van der Waals surface area contributed by atoms with Crippen molar-refractivity contribution >= 4 is 11.0 Å². The second kappa shape index (κ2) is 9.25. The highest BCUT2D eigenvalue weighted by atomic mass is 16.5. The SMILES string of the molecule is Cc1ccc(C(C)C)c(OCCn2c(C(C)Oc3ccccc3)nc3ccccc32)c1. The molecule has 31 heavy (non-hydrogen) atoms. The third kappa shape index (κ3) is 4.74. The van der Waals surface area contributed by atoms with E-state index in [-0.39, 0.29) is 6.10 Å². The van der Waals surface area contributed by atoms with Crippen LogP contribution < -0.4 is 9.47 Å². The lowest BCUT2D eigenvalue weighted by atomic mass is 10.0. The minimum Gasteiger partial charge on any atom is -0.491 e. The topological polar surface area (TPSA) is 36.3 Å². The van der Waals surface area contributed by atoms with Crippen LogP contribution in [0.15, 0.2) is 72.8 Å². The molecule has 4 rings (SSSR count). The van der Waals surface area contributed by atoms with Gasteiger partial charge in [0.05, 0.1) is 17.6 Å². The maximum atomic E-state index is 6.27. The molecule has 4 heteroatoms. The van der Waals surface area contributed by atoms with Crippen LogP contribution in [0.3, 0.4) is 0 Å². The fourth-order valence-corrected chi connectivity index (χ4v) is 3.89. The highest BCUT2D eigenvalue weighted by Gasteiger charge is 2.18. The lowest BCUT2D eigenvalue weighted by Gasteiger charge is -2.18. The van der Waals surface area contributed by atoms with E-state index in [1.165, 1.54) is 11.1 Å². The average molecular weight is 415 g/mol. The molecule has 0 saturated heterocycles. The number of imidazole rings is 1. The summed E-state index contributed by atoms with van der Waals surface area (Å²) in [4.78, 5) is 4.88. The lowest BCUT2D eigenvalue weighted by molar-refractivity contribution is 0.207. The number of hydrogen-bond donors (Lipinski definition) is 0. The van der Waals surface area contributed by atoms with Crippen molar-refractivity contribution in [3.05, 3.63) is 89.7 Å². The van der Waals surface area contributed by atoms with Gasteiger partial charge in [-0.15, -0.1) is 0 Å². The summed E-state index contributed by atoms with van der Waals surface area (Å²) in [5, 5.41) is 0. The summed E-state index contributed by atoms with van der Waals surface area (Å²) in [5.41, 5.74) is 4.51. The number of ether oxygens (including phenoxy) is 2. The van der Waals surface area contributed by atoms with Gasteiger partial charge in [0.25, 0.3) is 0 Å². The molecule has 0 aliphatic rings. The molecule has 3 aromatic carbocycles. The Morgan fingerprint density at radius 2 is 1.65 bits per heavy atom. The molecule has 0 radical (unpaired) electrons. The molecule has 160 valence electrons. The van der Waals surface area contributed by atoms with Crippen LogP contribution in [0.4, 0.5) is 0 Å². The smallest absolute Gasteiger partial charge is 0.153 e. The number of para-hydroxylation sites is 3. The highest BCUT2D eigenvalue weighted by Crippen LogP contribution is 2.28. The van der Waals surface area contributed by atoms with Gasteiger partial charge in [-0.2, -0.15) is 0 Å². The Labute approximate surface area is 184 Å². The largest absolute Gasteiger partial charge is 0.491 e. The van der Waals surface area contributed by atoms with E-state index < -0.39 is 0 Å². The second-order valence-corrected chi connectivity index (χ2v) is 8.23. The molecular formula is C27H30N2O2. The van der Waals surface area contributed by atoms with Crippen LogP contribution in [0.5, 0.6) is 11.5 Å². The fraction of sp³-hybridized carbons (Fsp3) is 0.296. The summed E-state index contributed by atoms with van der Waals surface area (Å²) in [5.74, 6) is 3.13. The molecule has 0 amide bonds. The van der Waals surface area contributed by atoms with Gasteiger partial charge in [0, 0.05) is 0 Å². The molecule has 0 spiro atoms. The Bertz CT molecular complexity index is 1150. The summed E-state index contributed by atoms with van der Waals surface area (Å²) >= 11 is 0. The van der Waals surface area contributed by atoms with Crippen LogP contribution in [0.25, 0.3) is 11.0 Å². The monoisotopic (exact) mass is 414 g/mol. The van der Waals surface area contributed by atoms with E-state index in [1.807, 2.05) is 55.5 Å². The second-order valence-electron chi connectivity index (χ2n) is 8.23. The van der Waals surface area contributed by atoms with E-state index in [4.69, 9.17) is 14.5 Å². The Morgan fingerprint density at radius 1 is 0.903 bits per heavy atom. The zero-order valence-corrected chi connectivity index (χ0v) is 18.7. The van der Waals surface area contributed by atoms with Gasteiger partial charge in [0.2, 0.25) is 0 Å². The number of fused-ring (bicyclic) bond motifs is 1. The maximum Gasteiger partial charge on any atom is 0.153 e. The summed E-state index contributed by atoms with van der Waals surface area (Å²) < 4.78 is 14.7. The molecule has 0 fully saturated rings. The minimum absolute atomic E-state index is 0.181. The number of aryl methyl sites for hydroxylation is 1. The third-order valence-corrected chi connectivity index (χ3v) is 5.47. The predicted octanol–water partition coefficient (Wildman–Crippen LogP) is 6.69. The first kappa shape index (κ1) is 21.0. The summed E-state index contributed by atoms with van der Waals surface area (Å²) in [6.45, 7) is 9.80. The van der Waals surface area contributed by atoms with Crippen LogP contribution in [0.1, 0.15) is 49.7 Å². The molecule has 4 nitrogen and oxygen atoms in total. The predicted molar refractivity (Wildman–Crippen MR) is 126 cm³/mol. The van der Waals surface area contributed by atoms with Crippen LogP contribution in [0, 0.1) is 6.92 Å². The Balaban J connectivity index is 1.57. The minimum atomic E-state index is -0.181. The maximum absolute atomic E-state index is 6.27. The Kier molecular flexibility index (Phi) is 6.26. The number of aromatic nitrogens is 2. The van der Waals surface area contributed by atoms with E-state index in [0.717, 1.165) is 28.4 Å².